The van der Waals surface area contributed by atoms with Crippen molar-refractivity contribution in [2.75, 3.05) is 12.3 Å². The van der Waals surface area contributed by atoms with E-state index in [0.29, 0.717) is 5.75 Å². The first-order valence-corrected chi connectivity index (χ1v) is 9.84. The van der Waals surface area contributed by atoms with Crippen LogP contribution in [-0.2, 0) is 13.8 Å². The van der Waals surface area contributed by atoms with Crippen LogP contribution < -0.4 is 10.3 Å². The van der Waals surface area contributed by atoms with E-state index in [-0.39, 0.29) is 23.4 Å². The number of aliphatic hydroxyl groups excluding tert-OH is 1. The second-order valence-electron chi connectivity index (χ2n) is 6.46. The van der Waals surface area contributed by atoms with Gasteiger partial charge in [-0.1, -0.05) is 24.1 Å². The predicted molar refractivity (Wildman–Crippen MR) is 103 cm³/mol. The fourth-order valence-electron chi connectivity index (χ4n) is 3.09. The molecule has 4 rings (SSSR count). The first-order valence-electron chi connectivity index (χ1n) is 8.74. The molecule has 1 unspecified atom stereocenters. The number of nitrogens with two attached hydrogens (primary N) is 1. The number of benzene rings is 1. The van der Waals surface area contributed by atoms with Crippen LogP contribution in [0.3, 0.4) is 0 Å². The predicted octanol–water partition coefficient (Wildman–Crippen LogP) is 1.95. The quantitative estimate of drug-likeness (QED) is 0.340. The second kappa shape index (κ2) is 7.93. The SMILES string of the molecule is C#C[C@]1(CO[P+](=O)Oc2ccccc2)O[C@@H](n2cnc3c(N)nc(F)nc32)C[C@@H]1O. The molecule has 3 N–H and O–H groups in total. The van der Waals surface area contributed by atoms with Crippen LogP contribution >= 0.6 is 8.25 Å². The summed E-state index contributed by atoms with van der Waals surface area (Å²) < 4.78 is 43.3. The lowest BCUT2D eigenvalue weighted by atomic mass is 9.99. The number of rotatable bonds is 6. The van der Waals surface area contributed by atoms with Crippen molar-refractivity contribution in [3.05, 3.63) is 42.7 Å². The summed E-state index contributed by atoms with van der Waals surface area (Å²) in [6, 6.07) is 8.43. The van der Waals surface area contributed by atoms with Crippen LogP contribution in [0.4, 0.5) is 10.2 Å². The lowest BCUT2D eigenvalue weighted by Crippen LogP contribution is -2.42. The van der Waals surface area contributed by atoms with Crippen LogP contribution in [0.25, 0.3) is 11.2 Å². The van der Waals surface area contributed by atoms with Gasteiger partial charge in [0.05, 0.1) is 6.33 Å². The van der Waals surface area contributed by atoms with Crippen LogP contribution in [0.15, 0.2) is 36.7 Å². The van der Waals surface area contributed by atoms with E-state index >= 15 is 0 Å². The van der Waals surface area contributed by atoms with Crippen molar-refractivity contribution in [2.45, 2.75) is 24.4 Å². The zero-order valence-corrected chi connectivity index (χ0v) is 16.3. The lowest BCUT2D eigenvalue weighted by molar-refractivity contribution is -0.0841. The summed E-state index contributed by atoms with van der Waals surface area (Å²) in [7, 11) is -2.57. The molecule has 154 valence electrons. The number of imidazole rings is 1. The molecule has 0 aliphatic carbocycles. The molecule has 2 aromatic heterocycles. The van der Waals surface area contributed by atoms with E-state index in [9.17, 15) is 14.1 Å². The Morgan fingerprint density at radius 1 is 1.43 bits per heavy atom. The van der Waals surface area contributed by atoms with Crippen molar-refractivity contribution < 1.29 is 27.8 Å². The van der Waals surface area contributed by atoms with Gasteiger partial charge in [0.1, 0.15) is 18.9 Å². The number of anilines is 1. The van der Waals surface area contributed by atoms with Gasteiger partial charge in [-0.3, -0.25) is 4.57 Å². The molecule has 0 spiro atoms. The van der Waals surface area contributed by atoms with Crippen molar-refractivity contribution in [2.24, 2.45) is 0 Å². The first kappa shape index (κ1) is 20.1. The Hall–Kier alpha value is -3.16. The molecule has 3 heterocycles. The van der Waals surface area contributed by atoms with E-state index in [4.69, 9.17) is 25.9 Å². The molecule has 0 saturated carbocycles. The fraction of sp³-hybridized carbons (Fsp3) is 0.278. The fourth-order valence-corrected chi connectivity index (χ4v) is 3.73. The van der Waals surface area contributed by atoms with Gasteiger partial charge in [0.25, 0.3) is 0 Å². The van der Waals surface area contributed by atoms with Gasteiger partial charge in [0.15, 0.2) is 28.3 Å². The molecule has 0 bridgehead atoms. The highest BCUT2D eigenvalue weighted by Crippen LogP contribution is 2.40. The maximum Gasteiger partial charge on any atom is 0.750 e. The van der Waals surface area contributed by atoms with Gasteiger partial charge in [0, 0.05) is 11.0 Å². The number of terminal acetylenes is 1. The highest BCUT2D eigenvalue weighted by atomic mass is 31.1. The zero-order chi connectivity index (χ0) is 21.3. The summed E-state index contributed by atoms with van der Waals surface area (Å²) in [6.07, 6.45) is 3.91. The van der Waals surface area contributed by atoms with Crippen LogP contribution in [0.2, 0.25) is 0 Å². The topological polar surface area (TPSA) is 135 Å². The summed E-state index contributed by atoms with van der Waals surface area (Å²) >= 11 is 0. The van der Waals surface area contributed by atoms with Gasteiger partial charge >= 0.3 is 14.3 Å². The standard InChI is InChI=1S/C18H16FN5O5P/c1-2-18(9-27-30(26)29-11-6-4-3-5-7-11)12(25)8-13(28-18)24-10-21-14-15(20)22-17(19)23-16(14)24/h1,3-7,10,12-13,25H,8-9H2,(H2,20,22,23)/q+1/t12-,13+,18+/m0/s1. The molecule has 3 aromatic rings. The molecular weight excluding hydrogens is 416 g/mol. The zero-order valence-electron chi connectivity index (χ0n) is 15.4. The van der Waals surface area contributed by atoms with Gasteiger partial charge in [0.2, 0.25) is 0 Å². The maximum atomic E-state index is 13.6. The molecule has 1 saturated heterocycles. The summed E-state index contributed by atoms with van der Waals surface area (Å²) in [5.41, 5.74) is 4.33. The number of halogens is 1. The average molecular weight is 432 g/mol. The number of para-hydroxylation sites is 1. The average Bonchev–Trinajstić information content (AvgIpc) is 3.29. The monoisotopic (exact) mass is 432 g/mol. The Morgan fingerprint density at radius 2 is 2.20 bits per heavy atom. The third kappa shape index (κ3) is 3.69. The van der Waals surface area contributed by atoms with Gasteiger partial charge in [-0.25, -0.2) is 9.51 Å². The highest BCUT2D eigenvalue weighted by Gasteiger charge is 2.50. The van der Waals surface area contributed by atoms with E-state index in [0.717, 1.165) is 0 Å². The van der Waals surface area contributed by atoms with E-state index in [2.05, 4.69) is 20.9 Å². The Kier molecular flexibility index (Phi) is 5.32. The number of hydrogen-bond acceptors (Lipinski definition) is 9. The Morgan fingerprint density at radius 3 is 2.93 bits per heavy atom. The highest BCUT2D eigenvalue weighted by molar-refractivity contribution is 7.33. The van der Waals surface area contributed by atoms with Crippen LogP contribution in [0.1, 0.15) is 12.6 Å². The molecule has 1 aliphatic rings. The molecule has 0 radical (unpaired) electrons. The first-order chi connectivity index (χ1) is 14.4. The number of nitrogen functional groups attached to an aromatic ring is 1. The van der Waals surface area contributed by atoms with Gasteiger partial charge in [-0.05, 0) is 12.1 Å². The van der Waals surface area contributed by atoms with Crippen molar-refractivity contribution in [3.8, 4) is 18.1 Å². The molecule has 10 nitrogen and oxygen atoms in total. The minimum absolute atomic E-state index is 0.0286. The second-order valence-corrected chi connectivity index (χ2v) is 7.35. The van der Waals surface area contributed by atoms with E-state index < -0.39 is 38.9 Å². The van der Waals surface area contributed by atoms with Gasteiger partial charge < -0.3 is 15.6 Å². The Bertz CT molecular complexity index is 1140. The molecule has 30 heavy (non-hydrogen) atoms. The van der Waals surface area contributed by atoms with E-state index in [1.165, 1.54) is 10.9 Å². The number of aromatic nitrogens is 4. The Labute approximate surface area is 170 Å². The normalized spacial score (nSPS) is 24.0. The number of fused-ring (bicyclic) bond motifs is 1. The molecule has 1 aromatic carbocycles. The summed E-state index contributed by atoms with van der Waals surface area (Å²) in [5, 5.41) is 10.5. The molecule has 0 amide bonds. The summed E-state index contributed by atoms with van der Waals surface area (Å²) in [6.45, 7) is -0.401. The van der Waals surface area contributed by atoms with Gasteiger partial charge in [-0.2, -0.15) is 14.4 Å². The van der Waals surface area contributed by atoms with Crippen molar-refractivity contribution >= 4 is 25.2 Å². The molecule has 1 aliphatic heterocycles. The van der Waals surface area contributed by atoms with Crippen LogP contribution in [-0.4, -0.2) is 42.9 Å². The van der Waals surface area contributed by atoms with Crippen LogP contribution in [0, 0.1) is 18.4 Å². The number of hydrogen-bond donors (Lipinski definition) is 2. The minimum Gasteiger partial charge on any atom is -0.389 e. The number of aliphatic hydroxyl groups is 1. The minimum atomic E-state index is -2.57. The molecule has 1 fully saturated rings. The largest absolute Gasteiger partial charge is 0.750 e. The van der Waals surface area contributed by atoms with Crippen molar-refractivity contribution in [3.63, 3.8) is 0 Å². The summed E-state index contributed by atoms with van der Waals surface area (Å²) in [5.74, 6) is 2.58. The number of nitrogens with zero attached hydrogens (tertiary/aromatic N) is 4. The maximum absolute atomic E-state index is 13.6. The van der Waals surface area contributed by atoms with E-state index in [1.807, 2.05) is 0 Å². The van der Waals surface area contributed by atoms with Crippen LogP contribution in [0.5, 0.6) is 5.75 Å². The molecule has 4 atom stereocenters. The van der Waals surface area contributed by atoms with Crippen molar-refractivity contribution in [1.29, 1.82) is 0 Å². The third-order valence-corrected chi connectivity index (χ3v) is 5.29. The molecule has 12 heteroatoms. The lowest BCUT2D eigenvalue weighted by Gasteiger charge is -2.23. The summed E-state index contributed by atoms with van der Waals surface area (Å²) in [4.78, 5) is 11.2. The number of ether oxygens (including phenoxy) is 1. The van der Waals surface area contributed by atoms with E-state index in [1.54, 1.807) is 30.3 Å². The third-order valence-electron chi connectivity index (χ3n) is 4.59. The Balaban J connectivity index is 1.50. The molecular formula is C18H16FN5O5P+. The van der Waals surface area contributed by atoms with Gasteiger partial charge in [-0.15, -0.1) is 10.9 Å². The smallest absolute Gasteiger partial charge is 0.389 e. The van der Waals surface area contributed by atoms with Crippen molar-refractivity contribution in [1.82, 2.24) is 19.5 Å².